The van der Waals surface area contributed by atoms with Gasteiger partial charge in [0.05, 0.1) is 5.75 Å². The van der Waals surface area contributed by atoms with Gasteiger partial charge in [0.1, 0.15) is 17.7 Å². The SMILES string of the molecule is O=C1CCCc2c1ccc(OC(Cc1ncc[nH]1)c1cccs1)c2CS(=O)(=O)c1ccccn1. The maximum absolute atomic E-state index is 13.3. The first-order valence-electron chi connectivity index (χ1n) is 11.0. The lowest BCUT2D eigenvalue weighted by Gasteiger charge is -2.24. The van der Waals surface area contributed by atoms with E-state index < -0.39 is 9.84 Å². The Balaban J connectivity index is 1.57. The molecule has 1 aliphatic carbocycles. The number of ketones is 1. The fraction of sp³-hybridized carbons (Fsp3) is 0.240. The van der Waals surface area contributed by atoms with Gasteiger partial charge in [0.2, 0.25) is 0 Å². The van der Waals surface area contributed by atoms with Gasteiger partial charge in [-0.1, -0.05) is 12.1 Å². The van der Waals surface area contributed by atoms with Crippen molar-refractivity contribution in [3.05, 3.63) is 93.8 Å². The van der Waals surface area contributed by atoms with Gasteiger partial charge in [0, 0.05) is 47.4 Å². The molecular weight excluding hydrogens is 470 g/mol. The van der Waals surface area contributed by atoms with E-state index >= 15 is 0 Å². The Morgan fingerprint density at radius 3 is 2.71 bits per heavy atom. The summed E-state index contributed by atoms with van der Waals surface area (Å²) in [6.07, 6.45) is 6.84. The van der Waals surface area contributed by atoms with Crippen molar-refractivity contribution in [2.75, 3.05) is 0 Å². The molecule has 1 aromatic carbocycles. The molecule has 1 N–H and O–H groups in total. The number of ether oxygens (including phenoxy) is 1. The number of aromatic nitrogens is 3. The molecule has 3 aromatic heterocycles. The third-order valence-electron chi connectivity index (χ3n) is 5.87. The van der Waals surface area contributed by atoms with Gasteiger partial charge in [-0.15, -0.1) is 11.3 Å². The van der Waals surface area contributed by atoms with E-state index in [-0.39, 0.29) is 22.7 Å². The Kier molecular flexibility index (Phi) is 6.30. The number of nitrogens with one attached hydrogen (secondary N) is 1. The molecule has 3 heterocycles. The minimum atomic E-state index is -3.74. The number of hydrogen-bond donors (Lipinski definition) is 1. The first kappa shape index (κ1) is 22.5. The van der Waals surface area contributed by atoms with Crippen LogP contribution in [0.25, 0.3) is 0 Å². The number of carbonyl (C=O) groups is 1. The van der Waals surface area contributed by atoms with Gasteiger partial charge in [0.25, 0.3) is 0 Å². The number of hydrogen-bond acceptors (Lipinski definition) is 7. The number of rotatable bonds is 8. The predicted molar refractivity (Wildman–Crippen MR) is 129 cm³/mol. The molecule has 7 nitrogen and oxygen atoms in total. The lowest BCUT2D eigenvalue weighted by molar-refractivity contribution is 0.0972. The topological polar surface area (TPSA) is 102 Å². The lowest BCUT2D eigenvalue weighted by Crippen LogP contribution is -2.18. The van der Waals surface area contributed by atoms with Crippen molar-refractivity contribution in [1.29, 1.82) is 0 Å². The quantitative estimate of drug-likeness (QED) is 0.381. The number of thiophene rings is 1. The van der Waals surface area contributed by atoms with E-state index in [4.69, 9.17) is 4.74 Å². The van der Waals surface area contributed by atoms with Crippen LogP contribution in [-0.4, -0.2) is 29.2 Å². The zero-order chi connectivity index (χ0) is 23.5. The number of benzene rings is 1. The molecule has 0 spiro atoms. The van der Waals surface area contributed by atoms with E-state index in [0.29, 0.717) is 42.6 Å². The second-order valence-corrected chi connectivity index (χ2v) is 11.0. The highest BCUT2D eigenvalue weighted by atomic mass is 32.2. The van der Waals surface area contributed by atoms with Crippen molar-refractivity contribution in [2.24, 2.45) is 0 Å². The van der Waals surface area contributed by atoms with Gasteiger partial charge in [-0.3, -0.25) is 4.79 Å². The second kappa shape index (κ2) is 9.52. The Bertz CT molecular complexity index is 1380. The molecule has 0 saturated heterocycles. The summed E-state index contributed by atoms with van der Waals surface area (Å²) >= 11 is 1.57. The monoisotopic (exact) mass is 493 g/mol. The van der Waals surface area contributed by atoms with Gasteiger partial charge >= 0.3 is 0 Å². The molecule has 0 amide bonds. The molecule has 34 heavy (non-hydrogen) atoms. The summed E-state index contributed by atoms with van der Waals surface area (Å²) in [6.45, 7) is 0. The van der Waals surface area contributed by atoms with Crippen molar-refractivity contribution < 1.29 is 17.9 Å². The zero-order valence-electron chi connectivity index (χ0n) is 18.3. The van der Waals surface area contributed by atoms with Crippen LogP contribution in [0.2, 0.25) is 0 Å². The molecular formula is C25H23N3O4S2. The van der Waals surface area contributed by atoms with Crippen LogP contribution in [0.15, 0.2) is 71.5 Å². The lowest BCUT2D eigenvalue weighted by atomic mass is 9.87. The third-order valence-corrected chi connectivity index (χ3v) is 8.39. The molecule has 1 atom stereocenters. The van der Waals surface area contributed by atoms with Crippen LogP contribution in [0, 0.1) is 0 Å². The number of sulfone groups is 1. The highest BCUT2D eigenvalue weighted by molar-refractivity contribution is 7.90. The minimum absolute atomic E-state index is 0.00563. The number of fused-ring (bicyclic) bond motifs is 1. The molecule has 0 saturated carbocycles. The largest absolute Gasteiger partial charge is 0.484 e. The summed E-state index contributed by atoms with van der Waals surface area (Å²) in [5, 5.41) is 1.98. The van der Waals surface area contributed by atoms with Crippen molar-refractivity contribution in [3.63, 3.8) is 0 Å². The van der Waals surface area contributed by atoms with Gasteiger partial charge in [-0.05, 0) is 54.1 Å². The molecule has 1 unspecified atom stereocenters. The molecule has 4 aromatic rings. The highest BCUT2D eigenvalue weighted by Gasteiger charge is 2.28. The summed E-state index contributed by atoms with van der Waals surface area (Å²) in [4.78, 5) is 25.1. The average molecular weight is 494 g/mol. The number of imidazole rings is 1. The van der Waals surface area contributed by atoms with Crippen molar-refractivity contribution in [2.45, 2.75) is 42.6 Å². The Morgan fingerprint density at radius 1 is 1.06 bits per heavy atom. The number of pyridine rings is 1. The van der Waals surface area contributed by atoms with Gasteiger partial charge in [0.15, 0.2) is 20.6 Å². The highest BCUT2D eigenvalue weighted by Crippen LogP contribution is 2.37. The maximum Gasteiger partial charge on any atom is 0.199 e. The van der Waals surface area contributed by atoms with Gasteiger partial charge < -0.3 is 9.72 Å². The third kappa shape index (κ3) is 4.67. The molecule has 5 rings (SSSR count). The fourth-order valence-corrected chi connectivity index (χ4v) is 6.36. The van der Waals surface area contributed by atoms with Crippen LogP contribution in [0.4, 0.5) is 0 Å². The van der Waals surface area contributed by atoms with Crippen LogP contribution < -0.4 is 4.74 Å². The van der Waals surface area contributed by atoms with E-state index in [0.717, 1.165) is 16.3 Å². The zero-order valence-corrected chi connectivity index (χ0v) is 19.9. The first-order valence-corrected chi connectivity index (χ1v) is 13.5. The Hall–Kier alpha value is -3.30. The molecule has 9 heteroatoms. The summed E-state index contributed by atoms with van der Waals surface area (Å²) < 4.78 is 33.1. The normalized spacial score (nSPS) is 14.5. The molecule has 0 aliphatic heterocycles. The number of Topliss-reactive ketones (excluding diaryl/α,β-unsaturated/α-hetero) is 1. The summed E-state index contributed by atoms with van der Waals surface area (Å²) in [5.41, 5.74) is 1.89. The van der Waals surface area contributed by atoms with E-state index in [1.807, 2.05) is 17.5 Å². The van der Waals surface area contributed by atoms with Gasteiger partial charge in [-0.2, -0.15) is 0 Å². The fourth-order valence-electron chi connectivity index (χ4n) is 4.26. The predicted octanol–water partition coefficient (Wildman–Crippen LogP) is 4.72. The molecule has 1 aliphatic rings. The van der Waals surface area contributed by atoms with Crippen LogP contribution in [0.5, 0.6) is 5.75 Å². The van der Waals surface area contributed by atoms with E-state index in [9.17, 15) is 13.2 Å². The molecule has 0 bridgehead atoms. The number of carbonyl (C=O) groups excluding carboxylic acids is 1. The summed E-state index contributed by atoms with van der Waals surface area (Å²) in [7, 11) is -3.74. The van der Waals surface area contributed by atoms with Crippen molar-refractivity contribution in [1.82, 2.24) is 15.0 Å². The minimum Gasteiger partial charge on any atom is -0.484 e. The van der Waals surface area contributed by atoms with Crippen LogP contribution in [0.3, 0.4) is 0 Å². The van der Waals surface area contributed by atoms with Crippen molar-refractivity contribution in [3.8, 4) is 5.75 Å². The van der Waals surface area contributed by atoms with Crippen molar-refractivity contribution >= 4 is 27.0 Å². The molecule has 0 radical (unpaired) electrons. The van der Waals surface area contributed by atoms with E-state index in [1.165, 1.54) is 12.3 Å². The summed E-state index contributed by atoms with van der Waals surface area (Å²) in [6, 6.07) is 12.3. The number of aromatic amines is 1. The number of H-pyrrole nitrogens is 1. The van der Waals surface area contributed by atoms with Gasteiger partial charge in [-0.25, -0.2) is 18.4 Å². The van der Waals surface area contributed by atoms with Crippen LogP contribution >= 0.6 is 11.3 Å². The molecule has 0 fully saturated rings. The first-order chi connectivity index (χ1) is 16.5. The molecule has 174 valence electrons. The Morgan fingerprint density at radius 2 is 1.97 bits per heavy atom. The summed E-state index contributed by atoms with van der Waals surface area (Å²) in [5.74, 6) is 0.995. The number of nitrogens with zero attached hydrogens (tertiary/aromatic N) is 2. The Labute approximate surface area is 201 Å². The van der Waals surface area contributed by atoms with E-state index in [2.05, 4.69) is 15.0 Å². The second-order valence-electron chi connectivity index (χ2n) is 8.13. The maximum atomic E-state index is 13.3. The average Bonchev–Trinajstić information content (AvgIpc) is 3.55. The van der Waals surface area contributed by atoms with Crippen LogP contribution in [0.1, 0.15) is 51.1 Å². The van der Waals surface area contributed by atoms with E-state index in [1.54, 1.807) is 48.0 Å². The smallest absolute Gasteiger partial charge is 0.199 e. The van der Waals surface area contributed by atoms with Crippen LogP contribution in [-0.2, 0) is 28.4 Å². The standard InChI is InChI=1S/C25H23N3O4S2/c29-20-6-3-5-17-18(20)9-10-21(19(17)16-34(30,31)25-8-1-2-11-28-25)32-22(23-7-4-14-33-23)15-24-26-12-13-27-24/h1-2,4,7-14,22H,3,5-6,15-16H2,(H,26,27).